The third kappa shape index (κ3) is 9.42. The first-order valence-corrected chi connectivity index (χ1v) is 8.42. The minimum absolute atomic E-state index is 0.00536. The first-order valence-electron chi connectivity index (χ1n) is 8.04. The average Bonchev–Trinajstić information content (AvgIpc) is 2.40. The number of unbranched alkanes of at least 4 members (excludes halogenated alkanes) is 1. The summed E-state index contributed by atoms with van der Waals surface area (Å²) in [7, 11) is 0. The maximum Gasteiger partial charge on any atom is 0.306 e. The van der Waals surface area contributed by atoms with E-state index in [2.05, 4.69) is 20.8 Å². The molecule has 0 aliphatic rings. The van der Waals surface area contributed by atoms with Gasteiger partial charge in [-0.2, -0.15) is 0 Å². The lowest BCUT2D eigenvalue weighted by atomic mass is 9.92. The molecule has 0 spiro atoms. The Kier molecular flexibility index (Phi) is 9.25. The zero-order valence-electron chi connectivity index (χ0n) is 14.8. The number of esters is 1. The molecule has 22 heavy (non-hydrogen) atoms. The van der Waals surface area contributed by atoms with Crippen LogP contribution < -0.4 is 0 Å². The zero-order valence-corrected chi connectivity index (χ0v) is 15.6. The summed E-state index contributed by atoms with van der Waals surface area (Å²) in [6.45, 7) is 12.6. The number of hydrogen-bond acceptors (Lipinski definition) is 4. The van der Waals surface area contributed by atoms with Crippen LogP contribution in [-0.4, -0.2) is 29.0 Å². The van der Waals surface area contributed by atoms with E-state index in [0.29, 0.717) is 6.61 Å². The Labute approximate surface area is 139 Å². The molecule has 5 heteroatoms. The van der Waals surface area contributed by atoms with Gasteiger partial charge in [0, 0.05) is 12.3 Å². The number of carbonyl (C=O) groups is 2. The molecule has 0 fully saturated rings. The molecule has 0 rings (SSSR count). The third-order valence-electron chi connectivity index (χ3n) is 3.95. The Morgan fingerprint density at radius 1 is 1.14 bits per heavy atom. The van der Waals surface area contributed by atoms with Crippen LogP contribution in [0.2, 0.25) is 0 Å². The SMILES string of the molecule is CCCCC(C)(C)OCC(C)C(C)(C)OC(=O)CCC(=O)Cl. The fourth-order valence-corrected chi connectivity index (χ4v) is 1.97. The van der Waals surface area contributed by atoms with E-state index >= 15 is 0 Å². The molecule has 0 amide bonds. The molecule has 0 saturated heterocycles. The van der Waals surface area contributed by atoms with E-state index in [1.807, 2.05) is 20.8 Å². The van der Waals surface area contributed by atoms with Gasteiger partial charge in [0.15, 0.2) is 0 Å². The van der Waals surface area contributed by atoms with Crippen molar-refractivity contribution in [1.82, 2.24) is 0 Å². The zero-order chi connectivity index (χ0) is 17.4. The van der Waals surface area contributed by atoms with Crippen molar-refractivity contribution in [2.24, 2.45) is 5.92 Å². The van der Waals surface area contributed by atoms with E-state index in [-0.39, 0.29) is 24.4 Å². The van der Waals surface area contributed by atoms with Crippen molar-refractivity contribution in [3.8, 4) is 0 Å². The van der Waals surface area contributed by atoms with Gasteiger partial charge in [-0.3, -0.25) is 9.59 Å². The maximum absolute atomic E-state index is 11.7. The average molecular weight is 335 g/mol. The van der Waals surface area contributed by atoms with E-state index in [9.17, 15) is 9.59 Å². The van der Waals surface area contributed by atoms with Crippen molar-refractivity contribution in [2.75, 3.05) is 6.61 Å². The maximum atomic E-state index is 11.7. The van der Waals surface area contributed by atoms with Gasteiger partial charge < -0.3 is 9.47 Å². The number of rotatable bonds is 11. The molecule has 0 radical (unpaired) electrons. The molecule has 0 bridgehead atoms. The van der Waals surface area contributed by atoms with Crippen molar-refractivity contribution in [2.45, 2.75) is 84.8 Å². The number of hydrogen-bond donors (Lipinski definition) is 0. The molecule has 0 aliphatic carbocycles. The lowest BCUT2D eigenvalue weighted by Crippen LogP contribution is -2.39. The molecule has 130 valence electrons. The van der Waals surface area contributed by atoms with Crippen LogP contribution in [0.25, 0.3) is 0 Å². The van der Waals surface area contributed by atoms with E-state index < -0.39 is 16.8 Å². The normalized spacial score (nSPS) is 13.8. The predicted octanol–water partition coefficient (Wildman–Crippen LogP) is 4.48. The summed E-state index contributed by atoms with van der Waals surface area (Å²) in [6, 6.07) is 0. The monoisotopic (exact) mass is 334 g/mol. The summed E-state index contributed by atoms with van der Waals surface area (Å²) in [6.07, 6.45) is 3.30. The lowest BCUT2D eigenvalue weighted by molar-refractivity contribution is -0.166. The van der Waals surface area contributed by atoms with Crippen molar-refractivity contribution in [1.29, 1.82) is 0 Å². The highest BCUT2D eigenvalue weighted by atomic mass is 35.5. The molecule has 4 nitrogen and oxygen atoms in total. The molecule has 0 heterocycles. The van der Waals surface area contributed by atoms with Gasteiger partial charge in [0.25, 0.3) is 0 Å². The minimum atomic E-state index is -0.646. The molecular formula is C17H31ClO4. The second kappa shape index (κ2) is 9.51. The van der Waals surface area contributed by atoms with Gasteiger partial charge >= 0.3 is 5.97 Å². The lowest BCUT2D eigenvalue weighted by Gasteiger charge is -2.34. The number of halogens is 1. The summed E-state index contributed by atoms with van der Waals surface area (Å²) in [5.41, 5.74) is -0.817. The van der Waals surface area contributed by atoms with Crippen LogP contribution in [0.15, 0.2) is 0 Å². The van der Waals surface area contributed by atoms with Crippen LogP contribution >= 0.6 is 11.6 Å². The summed E-state index contributed by atoms with van der Waals surface area (Å²) in [5, 5.41) is -0.524. The molecule has 0 aliphatic heterocycles. The Balaban J connectivity index is 4.34. The summed E-state index contributed by atoms with van der Waals surface area (Å²) in [4.78, 5) is 22.4. The van der Waals surface area contributed by atoms with Crippen LogP contribution in [0.1, 0.15) is 73.6 Å². The topological polar surface area (TPSA) is 52.6 Å². The standard InChI is InChI=1S/C17H31ClO4/c1-7-8-11-16(3,4)21-12-13(2)17(5,6)22-15(20)10-9-14(18)19/h13H,7-12H2,1-6H3. The highest BCUT2D eigenvalue weighted by molar-refractivity contribution is 6.63. The molecule has 0 aromatic rings. The fourth-order valence-electron chi connectivity index (χ4n) is 1.87. The van der Waals surface area contributed by atoms with Crippen LogP contribution in [0.5, 0.6) is 0 Å². The Hall–Kier alpha value is -0.610. The molecule has 0 aromatic heterocycles. The second-order valence-corrected chi connectivity index (χ2v) is 7.43. The Morgan fingerprint density at radius 3 is 2.23 bits per heavy atom. The van der Waals surface area contributed by atoms with Gasteiger partial charge in [-0.1, -0.05) is 26.7 Å². The molecular weight excluding hydrogens is 304 g/mol. The van der Waals surface area contributed by atoms with Crippen LogP contribution in [0.3, 0.4) is 0 Å². The van der Waals surface area contributed by atoms with Crippen molar-refractivity contribution < 1.29 is 19.1 Å². The number of carbonyl (C=O) groups excluding carboxylic acids is 2. The summed E-state index contributed by atoms with van der Waals surface area (Å²) >= 11 is 5.23. The quantitative estimate of drug-likeness (QED) is 0.413. The predicted molar refractivity (Wildman–Crippen MR) is 89.0 cm³/mol. The first kappa shape index (κ1) is 21.4. The van der Waals surface area contributed by atoms with Crippen molar-refractivity contribution in [3.63, 3.8) is 0 Å². The van der Waals surface area contributed by atoms with Crippen LogP contribution in [0.4, 0.5) is 0 Å². The summed E-state index contributed by atoms with van der Waals surface area (Å²) < 4.78 is 11.5. The van der Waals surface area contributed by atoms with E-state index in [4.69, 9.17) is 21.1 Å². The third-order valence-corrected chi connectivity index (χ3v) is 4.13. The summed E-state index contributed by atoms with van der Waals surface area (Å²) in [5.74, 6) is -0.361. The Bertz CT molecular complexity index is 364. The fraction of sp³-hybridized carbons (Fsp3) is 0.882. The molecule has 1 unspecified atom stereocenters. The second-order valence-electron chi connectivity index (χ2n) is 7.01. The van der Waals surface area contributed by atoms with E-state index in [1.54, 1.807) is 0 Å². The minimum Gasteiger partial charge on any atom is -0.459 e. The van der Waals surface area contributed by atoms with Gasteiger partial charge in [-0.05, 0) is 45.7 Å². The number of ether oxygens (including phenoxy) is 2. The highest BCUT2D eigenvalue weighted by Crippen LogP contribution is 2.26. The van der Waals surface area contributed by atoms with Gasteiger partial charge in [0.05, 0.1) is 18.6 Å². The van der Waals surface area contributed by atoms with Gasteiger partial charge in [-0.25, -0.2) is 0 Å². The molecule has 0 aromatic carbocycles. The molecule has 0 N–H and O–H groups in total. The largest absolute Gasteiger partial charge is 0.459 e. The van der Waals surface area contributed by atoms with Crippen molar-refractivity contribution in [3.05, 3.63) is 0 Å². The first-order chi connectivity index (χ1) is 10.00. The van der Waals surface area contributed by atoms with Crippen LogP contribution in [0, 0.1) is 5.92 Å². The van der Waals surface area contributed by atoms with E-state index in [1.165, 1.54) is 0 Å². The van der Waals surface area contributed by atoms with Gasteiger partial charge in [0.2, 0.25) is 5.24 Å². The van der Waals surface area contributed by atoms with E-state index in [0.717, 1.165) is 19.3 Å². The van der Waals surface area contributed by atoms with Gasteiger partial charge in [-0.15, -0.1) is 0 Å². The smallest absolute Gasteiger partial charge is 0.306 e. The van der Waals surface area contributed by atoms with Gasteiger partial charge in [0.1, 0.15) is 5.60 Å². The van der Waals surface area contributed by atoms with Crippen LogP contribution in [-0.2, 0) is 19.1 Å². The van der Waals surface area contributed by atoms with Crippen molar-refractivity contribution >= 4 is 22.8 Å². The molecule has 0 saturated carbocycles. The molecule has 1 atom stereocenters. The Morgan fingerprint density at radius 2 is 1.73 bits per heavy atom. The highest BCUT2D eigenvalue weighted by Gasteiger charge is 2.32.